The molecule has 0 aliphatic carbocycles. The average Bonchev–Trinajstić information content (AvgIpc) is 2.62. The van der Waals surface area contributed by atoms with Gasteiger partial charge in [-0.05, 0) is 29.7 Å². The van der Waals surface area contributed by atoms with E-state index in [0.717, 1.165) is 23.3 Å². The van der Waals surface area contributed by atoms with Gasteiger partial charge in [0.05, 0.1) is 11.6 Å². The van der Waals surface area contributed by atoms with Crippen molar-refractivity contribution in [3.05, 3.63) is 65.2 Å². The molecule has 4 nitrogen and oxygen atoms in total. The van der Waals surface area contributed by atoms with Crippen molar-refractivity contribution in [2.45, 2.75) is 29.9 Å². The van der Waals surface area contributed by atoms with Gasteiger partial charge in [0.1, 0.15) is 0 Å². The first kappa shape index (κ1) is 15.3. The molecule has 4 rings (SSSR count). The first-order valence-corrected chi connectivity index (χ1v) is 9.02. The van der Waals surface area contributed by atoms with Gasteiger partial charge in [-0.25, -0.2) is 4.79 Å². The van der Waals surface area contributed by atoms with Gasteiger partial charge in [0.2, 0.25) is 0 Å². The van der Waals surface area contributed by atoms with Gasteiger partial charge >= 0.3 is 5.97 Å². The molecule has 0 radical (unpaired) electrons. The molecule has 2 aromatic carbocycles. The number of esters is 1. The second-order valence-corrected chi connectivity index (χ2v) is 7.13. The van der Waals surface area contributed by atoms with Gasteiger partial charge in [-0.2, -0.15) is 0 Å². The lowest BCUT2D eigenvalue weighted by Crippen LogP contribution is -2.43. The number of hydrogen-bond donors (Lipinski definition) is 1. The Bertz CT molecular complexity index is 805. The van der Waals surface area contributed by atoms with Crippen LogP contribution < -0.4 is 5.32 Å². The number of thioether (sulfide) groups is 1. The van der Waals surface area contributed by atoms with E-state index in [1.54, 1.807) is 12.1 Å². The molecular formula is C19H17NO3S. The van der Waals surface area contributed by atoms with E-state index >= 15 is 0 Å². The van der Waals surface area contributed by atoms with Crippen LogP contribution in [-0.2, 0) is 16.0 Å². The fourth-order valence-electron chi connectivity index (χ4n) is 3.23. The minimum Gasteiger partial charge on any atom is -0.448 e. The van der Waals surface area contributed by atoms with E-state index in [9.17, 15) is 9.59 Å². The van der Waals surface area contributed by atoms with Crippen molar-refractivity contribution >= 4 is 23.6 Å². The molecular weight excluding hydrogens is 322 g/mol. The summed E-state index contributed by atoms with van der Waals surface area (Å²) in [6, 6.07) is 15.4. The van der Waals surface area contributed by atoms with Crippen molar-refractivity contribution in [2.24, 2.45) is 0 Å². The summed E-state index contributed by atoms with van der Waals surface area (Å²) in [7, 11) is 0. The third kappa shape index (κ3) is 2.80. The molecule has 2 aliphatic heterocycles. The molecule has 2 atom stereocenters. The van der Waals surface area contributed by atoms with Crippen LogP contribution in [0.15, 0.2) is 53.4 Å². The predicted octanol–water partition coefficient (Wildman–Crippen LogP) is 3.12. The van der Waals surface area contributed by atoms with E-state index in [2.05, 4.69) is 17.4 Å². The minimum atomic E-state index is -0.755. The number of benzene rings is 2. The van der Waals surface area contributed by atoms with E-state index in [1.165, 1.54) is 4.90 Å². The predicted molar refractivity (Wildman–Crippen MR) is 92.0 cm³/mol. The van der Waals surface area contributed by atoms with Crippen LogP contribution in [0, 0.1) is 0 Å². The Kier molecular flexibility index (Phi) is 4.02. The number of rotatable bonds is 2. The maximum Gasteiger partial charge on any atom is 0.339 e. The van der Waals surface area contributed by atoms with Crippen LogP contribution in [0.5, 0.6) is 0 Å². The van der Waals surface area contributed by atoms with Crippen LogP contribution in [0.4, 0.5) is 0 Å². The highest BCUT2D eigenvalue weighted by molar-refractivity contribution is 7.99. The first-order chi connectivity index (χ1) is 11.7. The van der Waals surface area contributed by atoms with Gasteiger partial charge in [0.15, 0.2) is 6.10 Å². The SMILES string of the molecule is O=C1O[C@H](C(=O)N[C@@H]2CCSc3ccccc32)Cc2ccccc21. The van der Waals surface area contributed by atoms with Crippen LogP contribution in [0.2, 0.25) is 0 Å². The second kappa shape index (κ2) is 6.32. The van der Waals surface area contributed by atoms with Crippen molar-refractivity contribution < 1.29 is 14.3 Å². The zero-order valence-corrected chi connectivity index (χ0v) is 13.8. The highest BCUT2D eigenvalue weighted by atomic mass is 32.2. The second-order valence-electron chi connectivity index (χ2n) is 5.99. The average molecular weight is 339 g/mol. The lowest BCUT2D eigenvalue weighted by molar-refractivity contribution is -0.131. The zero-order valence-electron chi connectivity index (χ0n) is 13.0. The number of amides is 1. The molecule has 1 N–H and O–H groups in total. The quantitative estimate of drug-likeness (QED) is 0.854. The molecule has 2 heterocycles. The molecule has 2 aliphatic rings. The summed E-state index contributed by atoms with van der Waals surface area (Å²) in [6.45, 7) is 0. The molecule has 0 spiro atoms. The number of ether oxygens (including phenoxy) is 1. The fraction of sp³-hybridized carbons (Fsp3) is 0.263. The summed E-state index contributed by atoms with van der Waals surface area (Å²) in [5, 5.41) is 3.07. The Balaban J connectivity index is 1.51. The molecule has 0 fully saturated rings. The third-order valence-electron chi connectivity index (χ3n) is 4.46. The Morgan fingerprint density at radius 2 is 1.92 bits per heavy atom. The molecule has 24 heavy (non-hydrogen) atoms. The molecule has 122 valence electrons. The topological polar surface area (TPSA) is 55.4 Å². The van der Waals surface area contributed by atoms with Crippen LogP contribution in [0.3, 0.4) is 0 Å². The highest BCUT2D eigenvalue weighted by Gasteiger charge is 2.33. The van der Waals surface area contributed by atoms with Crippen LogP contribution in [0.25, 0.3) is 0 Å². The summed E-state index contributed by atoms with van der Waals surface area (Å²) in [6.07, 6.45) is 0.552. The zero-order chi connectivity index (χ0) is 16.5. The summed E-state index contributed by atoms with van der Waals surface area (Å²) in [5.41, 5.74) is 2.57. The third-order valence-corrected chi connectivity index (χ3v) is 5.58. The maximum atomic E-state index is 12.6. The molecule has 0 aromatic heterocycles. The number of hydrogen-bond acceptors (Lipinski definition) is 4. The molecule has 1 amide bonds. The lowest BCUT2D eigenvalue weighted by Gasteiger charge is -2.29. The van der Waals surface area contributed by atoms with Crippen LogP contribution in [0.1, 0.15) is 33.9 Å². The summed E-state index contributed by atoms with van der Waals surface area (Å²) in [5.74, 6) is 0.330. The standard InChI is InChI=1S/C19H17NO3S/c21-18(16-11-12-5-1-2-6-13(12)19(22)23-16)20-15-9-10-24-17-8-4-3-7-14(15)17/h1-8,15-16H,9-11H2,(H,20,21)/t15-,16+/m1/s1. The number of nitrogens with one attached hydrogen (secondary N) is 1. The fourth-order valence-corrected chi connectivity index (χ4v) is 4.36. The number of carbonyl (C=O) groups is 2. The highest BCUT2D eigenvalue weighted by Crippen LogP contribution is 2.36. The Morgan fingerprint density at radius 3 is 2.83 bits per heavy atom. The van der Waals surface area contributed by atoms with Crippen molar-refractivity contribution in [3.8, 4) is 0 Å². The molecule has 0 bridgehead atoms. The largest absolute Gasteiger partial charge is 0.448 e. The number of carbonyl (C=O) groups excluding carboxylic acids is 2. The normalized spacial score (nSPS) is 22.1. The van der Waals surface area contributed by atoms with E-state index in [0.29, 0.717) is 12.0 Å². The summed E-state index contributed by atoms with van der Waals surface area (Å²) >= 11 is 1.81. The van der Waals surface area contributed by atoms with Crippen molar-refractivity contribution in [2.75, 3.05) is 5.75 Å². The van der Waals surface area contributed by atoms with Gasteiger partial charge in [0, 0.05) is 17.1 Å². The Labute approximate surface area is 144 Å². The van der Waals surface area contributed by atoms with Crippen molar-refractivity contribution in [1.29, 1.82) is 0 Å². The van der Waals surface area contributed by atoms with Gasteiger partial charge in [-0.1, -0.05) is 36.4 Å². The molecule has 0 saturated heterocycles. The number of fused-ring (bicyclic) bond motifs is 2. The molecule has 5 heteroatoms. The van der Waals surface area contributed by atoms with Crippen LogP contribution in [-0.4, -0.2) is 23.7 Å². The molecule has 0 unspecified atom stereocenters. The van der Waals surface area contributed by atoms with E-state index in [1.807, 2.05) is 36.0 Å². The minimum absolute atomic E-state index is 0.0224. The van der Waals surface area contributed by atoms with E-state index < -0.39 is 12.1 Å². The Morgan fingerprint density at radius 1 is 1.12 bits per heavy atom. The van der Waals surface area contributed by atoms with Crippen molar-refractivity contribution in [1.82, 2.24) is 5.32 Å². The summed E-state index contributed by atoms with van der Waals surface area (Å²) in [4.78, 5) is 25.9. The monoisotopic (exact) mass is 339 g/mol. The lowest BCUT2D eigenvalue weighted by atomic mass is 9.97. The van der Waals surface area contributed by atoms with E-state index in [-0.39, 0.29) is 11.9 Å². The molecule has 2 aromatic rings. The maximum absolute atomic E-state index is 12.6. The van der Waals surface area contributed by atoms with Gasteiger partial charge in [-0.15, -0.1) is 11.8 Å². The van der Waals surface area contributed by atoms with Crippen LogP contribution >= 0.6 is 11.8 Å². The smallest absolute Gasteiger partial charge is 0.339 e. The van der Waals surface area contributed by atoms with Gasteiger partial charge in [0.25, 0.3) is 5.91 Å². The molecule has 0 saturated carbocycles. The van der Waals surface area contributed by atoms with Gasteiger partial charge < -0.3 is 10.1 Å². The number of cyclic esters (lactones) is 1. The summed E-state index contributed by atoms with van der Waals surface area (Å²) < 4.78 is 5.35. The Hall–Kier alpha value is -2.27. The van der Waals surface area contributed by atoms with Gasteiger partial charge in [-0.3, -0.25) is 4.79 Å². The van der Waals surface area contributed by atoms with Crippen molar-refractivity contribution in [3.63, 3.8) is 0 Å². The van der Waals surface area contributed by atoms with E-state index in [4.69, 9.17) is 4.74 Å². The first-order valence-electron chi connectivity index (χ1n) is 8.03.